The van der Waals surface area contributed by atoms with Crippen molar-refractivity contribution in [2.75, 3.05) is 11.9 Å². The van der Waals surface area contributed by atoms with Crippen LogP contribution in [0, 0.1) is 0 Å². The summed E-state index contributed by atoms with van der Waals surface area (Å²) in [6.45, 7) is 0.733. The maximum absolute atomic E-state index is 13.9. The molecule has 5 rings (SSSR count). The molecule has 0 unspecified atom stereocenters. The van der Waals surface area contributed by atoms with E-state index in [4.69, 9.17) is 5.73 Å². The number of ketones is 1. The van der Waals surface area contributed by atoms with Crippen molar-refractivity contribution in [3.63, 3.8) is 0 Å². The zero-order chi connectivity index (χ0) is 32.3. The zero-order valence-electron chi connectivity index (χ0n) is 25.9. The van der Waals surface area contributed by atoms with Gasteiger partial charge >= 0.3 is 0 Å². The van der Waals surface area contributed by atoms with Crippen LogP contribution in [0.4, 0.5) is 5.69 Å². The SMILES string of the molecule is NCCCC[C@H](NC(=O)[C@@H]1Cc2ccccc2CN1C(=O)CCC(=O)c1ccccc1)C(=O)Nc1ccc(-c2ccccc2)cc1. The van der Waals surface area contributed by atoms with Crippen LogP contribution in [0.5, 0.6) is 0 Å². The van der Waals surface area contributed by atoms with Crippen molar-refractivity contribution in [1.29, 1.82) is 0 Å². The smallest absolute Gasteiger partial charge is 0.246 e. The van der Waals surface area contributed by atoms with Gasteiger partial charge in [-0.05, 0) is 60.2 Å². The van der Waals surface area contributed by atoms with Crippen LogP contribution in [0.2, 0.25) is 0 Å². The second kappa shape index (κ2) is 15.8. The number of anilines is 1. The van der Waals surface area contributed by atoms with Crippen molar-refractivity contribution >= 4 is 29.2 Å². The van der Waals surface area contributed by atoms with Crippen LogP contribution in [0.3, 0.4) is 0 Å². The predicted molar refractivity (Wildman–Crippen MR) is 180 cm³/mol. The van der Waals surface area contributed by atoms with Crippen LogP contribution in [0.1, 0.15) is 53.6 Å². The van der Waals surface area contributed by atoms with Gasteiger partial charge < -0.3 is 21.3 Å². The van der Waals surface area contributed by atoms with Crippen molar-refractivity contribution < 1.29 is 19.2 Å². The van der Waals surface area contributed by atoms with E-state index in [2.05, 4.69) is 10.6 Å². The molecule has 236 valence electrons. The summed E-state index contributed by atoms with van der Waals surface area (Å²) in [4.78, 5) is 55.3. The molecule has 1 aliphatic heterocycles. The number of nitrogens with one attached hydrogen (secondary N) is 2. The molecule has 0 radical (unpaired) electrons. The van der Waals surface area contributed by atoms with Gasteiger partial charge in [-0.25, -0.2) is 0 Å². The fourth-order valence-electron chi connectivity index (χ4n) is 5.79. The van der Waals surface area contributed by atoms with E-state index >= 15 is 0 Å². The molecule has 4 aromatic rings. The van der Waals surface area contributed by atoms with E-state index in [1.807, 2.05) is 84.9 Å². The largest absolute Gasteiger partial charge is 0.342 e. The fourth-order valence-corrected chi connectivity index (χ4v) is 5.79. The summed E-state index contributed by atoms with van der Waals surface area (Å²) in [6.07, 6.45) is 2.11. The molecule has 46 heavy (non-hydrogen) atoms. The van der Waals surface area contributed by atoms with Crippen molar-refractivity contribution in [2.45, 2.75) is 57.2 Å². The Balaban J connectivity index is 1.29. The lowest BCUT2D eigenvalue weighted by atomic mass is 9.92. The summed E-state index contributed by atoms with van der Waals surface area (Å²) in [7, 11) is 0. The molecule has 0 fully saturated rings. The third kappa shape index (κ3) is 8.34. The number of benzene rings is 4. The van der Waals surface area contributed by atoms with Gasteiger partial charge in [0, 0.05) is 37.1 Å². The minimum atomic E-state index is -0.818. The summed E-state index contributed by atoms with van der Waals surface area (Å²) in [5, 5.41) is 5.91. The molecule has 3 amide bonds. The number of carbonyl (C=O) groups is 4. The van der Waals surface area contributed by atoms with Gasteiger partial charge in [-0.1, -0.05) is 97.1 Å². The number of nitrogens with two attached hydrogens (primary N) is 1. The molecule has 1 heterocycles. The number of carbonyl (C=O) groups excluding carboxylic acids is 4. The molecule has 8 nitrogen and oxygen atoms in total. The van der Waals surface area contributed by atoms with Crippen LogP contribution < -0.4 is 16.4 Å². The van der Waals surface area contributed by atoms with Crippen LogP contribution >= 0.6 is 0 Å². The third-order valence-corrected chi connectivity index (χ3v) is 8.37. The van der Waals surface area contributed by atoms with E-state index in [1.54, 1.807) is 29.2 Å². The first-order valence-corrected chi connectivity index (χ1v) is 15.8. The van der Waals surface area contributed by atoms with Gasteiger partial charge in [0.25, 0.3) is 0 Å². The van der Waals surface area contributed by atoms with Crippen molar-refractivity contribution in [1.82, 2.24) is 10.2 Å². The van der Waals surface area contributed by atoms with Crippen LogP contribution in [-0.2, 0) is 27.3 Å². The van der Waals surface area contributed by atoms with Crippen LogP contribution in [0.25, 0.3) is 11.1 Å². The monoisotopic (exact) mass is 616 g/mol. The normalized spacial score (nSPS) is 14.5. The Morgan fingerprint density at radius 3 is 2.07 bits per heavy atom. The maximum atomic E-state index is 13.9. The molecule has 8 heteroatoms. The minimum Gasteiger partial charge on any atom is -0.342 e. The lowest BCUT2D eigenvalue weighted by Gasteiger charge is -2.37. The number of Topliss-reactive ketones (excluding diaryl/α,β-unsaturated/α-hetero) is 1. The van der Waals surface area contributed by atoms with Gasteiger partial charge in [0.2, 0.25) is 17.7 Å². The van der Waals surface area contributed by atoms with E-state index in [0.29, 0.717) is 43.5 Å². The van der Waals surface area contributed by atoms with Gasteiger partial charge in [0.05, 0.1) is 0 Å². The highest BCUT2D eigenvalue weighted by molar-refractivity contribution is 6.00. The van der Waals surface area contributed by atoms with Gasteiger partial charge in [-0.2, -0.15) is 0 Å². The summed E-state index contributed by atoms with van der Waals surface area (Å²) in [6, 6.07) is 32.5. The number of fused-ring (bicyclic) bond motifs is 1. The quantitative estimate of drug-likeness (QED) is 0.135. The lowest BCUT2D eigenvalue weighted by molar-refractivity contribution is -0.142. The summed E-state index contributed by atoms with van der Waals surface area (Å²) in [5.74, 6) is -1.13. The Bertz CT molecular complexity index is 1640. The van der Waals surface area contributed by atoms with E-state index in [-0.39, 0.29) is 37.0 Å². The Morgan fingerprint density at radius 2 is 1.37 bits per heavy atom. The first-order valence-electron chi connectivity index (χ1n) is 15.8. The van der Waals surface area contributed by atoms with E-state index in [9.17, 15) is 19.2 Å². The molecule has 0 saturated carbocycles. The van der Waals surface area contributed by atoms with Crippen LogP contribution in [0.15, 0.2) is 109 Å². The Kier molecular flexibility index (Phi) is 11.1. The van der Waals surface area contributed by atoms with Gasteiger partial charge in [0.15, 0.2) is 5.78 Å². The molecule has 0 bridgehead atoms. The second-order valence-electron chi connectivity index (χ2n) is 11.6. The molecule has 0 spiro atoms. The van der Waals surface area contributed by atoms with Crippen molar-refractivity contribution in [3.8, 4) is 11.1 Å². The molecule has 0 saturated heterocycles. The summed E-state index contributed by atoms with van der Waals surface area (Å²) in [5.41, 5.74) is 10.9. The van der Waals surface area contributed by atoms with Gasteiger partial charge in [-0.3, -0.25) is 19.2 Å². The Morgan fingerprint density at radius 1 is 0.739 bits per heavy atom. The number of hydrogen-bond donors (Lipinski definition) is 3. The first kappa shape index (κ1) is 32.3. The Labute approximate surface area is 270 Å². The predicted octanol–water partition coefficient (Wildman–Crippen LogP) is 5.52. The van der Waals surface area contributed by atoms with Crippen LogP contribution in [-0.4, -0.2) is 47.0 Å². The number of unbranched alkanes of at least 4 members (excludes halogenated alkanes) is 1. The highest BCUT2D eigenvalue weighted by atomic mass is 16.2. The fraction of sp³-hybridized carbons (Fsp3) is 0.263. The second-order valence-corrected chi connectivity index (χ2v) is 11.6. The highest BCUT2D eigenvalue weighted by Gasteiger charge is 2.36. The Hall–Kier alpha value is -5.08. The van der Waals surface area contributed by atoms with Crippen molar-refractivity contribution in [2.24, 2.45) is 5.73 Å². The van der Waals surface area contributed by atoms with Gasteiger partial charge in [0.1, 0.15) is 12.1 Å². The molecule has 4 aromatic carbocycles. The molecule has 2 atom stereocenters. The van der Waals surface area contributed by atoms with Gasteiger partial charge in [-0.15, -0.1) is 0 Å². The maximum Gasteiger partial charge on any atom is 0.246 e. The highest BCUT2D eigenvalue weighted by Crippen LogP contribution is 2.26. The molecule has 0 aliphatic carbocycles. The first-order chi connectivity index (χ1) is 22.4. The van der Waals surface area contributed by atoms with E-state index in [0.717, 1.165) is 22.3 Å². The molecule has 1 aliphatic rings. The molecule has 0 aromatic heterocycles. The molecule has 4 N–H and O–H groups in total. The van der Waals surface area contributed by atoms with E-state index < -0.39 is 18.0 Å². The molecular formula is C38H40N4O4. The number of hydrogen-bond acceptors (Lipinski definition) is 5. The lowest BCUT2D eigenvalue weighted by Crippen LogP contribution is -2.56. The van der Waals surface area contributed by atoms with E-state index in [1.165, 1.54) is 0 Å². The number of rotatable bonds is 13. The third-order valence-electron chi connectivity index (χ3n) is 8.37. The minimum absolute atomic E-state index is 0.0148. The summed E-state index contributed by atoms with van der Waals surface area (Å²) >= 11 is 0. The zero-order valence-corrected chi connectivity index (χ0v) is 25.9. The average molecular weight is 617 g/mol. The molecular weight excluding hydrogens is 576 g/mol. The average Bonchev–Trinajstić information content (AvgIpc) is 3.10. The summed E-state index contributed by atoms with van der Waals surface area (Å²) < 4.78 is 0. The number of amides is 3. The standard InChI is InChI=1S/C38H40N4O4/c39-24-10-9-17-33(37(45)40-32-20-18-28(19-21-32)27-11-3-1-4-12-27)41-38(46)34-25-30-15-7-8-16-31(30)26-42(34)36(44)23-22-35(43)29-13-5-2-6-14-29/h1-8,11-16,18-21,33-34H,9-10,17,22-26,39H2,(H,40,45)(H,41,46)/t33-,34-/m0/s1. The topological polar surface area (TPSA) is 122 Å². The number of nitrogens with zero attached hydrogens (tertiary/aromatic N) is 1. The van der Waals surface area contributed by atoms with Crippen molar-refractivity contribution in [3.05, 3.63) is 126 Å².